The van der Waals surface area contributed by atoms with Gasteiger partial charge in [0, 0.05) is 24.2 Å². The fraction of sp³-hybridized carbons (Fsp3) is 0.250. The average molecular weight is 527 g/mol. The van der Waals surface area contributed by atoms with Crippen molar-refractivity contribution in [3.8, 4) is 11.5 Å². The van der Waals surface area contributed by atoms with Crippen LogP contribution < -0.4 is 20.1 Å². The molecule has 0 bridgehead atoms. The second kappa shape index (κ2) is 12.5. The standard InChI is InChI=1S/C24H26N6O6S/c1-5-10-29-21(13-25-23(32)16-7-9-19(35-3)20(11-16)36-4)27-28-24(29)37-14-22(31)26-18-12-17(30(33)34)8-6-15(18)2/h5-9,11-12H,1,10,13-14H2,2-4H3,(H,25,32)(H,26,31). The summed E-state index contributed by atoms with van der Waals surface area (Å²) >= 11 is 1.14. The molecule has 12 nitrogen and oxygen atoms in total. The van der Waals surface area contributed by atoms with E-state index in [9.17, 15) is 19.7 Å². The number of anilines is 1. The Labute approximate surface area is 217 Å². The topological polar surface area (TPSA) is 151 Å². The Kier molecular flexibility index (Phi) is 9.21. The Bertz CT molecular complexity index is 1330. The van der Waals surface area contributed by atoms with Crippen molar-refractivity contribution in [1.82, 2.24) is 20.1 Å². The molecule has 1 aromatic heterocycles. The molecule has 0 aliphatic rings. The zero-order valence-electron chi connectivity index (χ0n) is 20.5. The van der Waals surface area contributed by atoms with E-state index in [2.05, 4.69) is 27.4 Å². The summed E-state index contributed by atoms with van der Waals surface area (Å²) in [7, 11) is 3.00. The van der Waals surface area contributed by atoms with Gasteiger partial charge in [0.1, 0.15) is 0 Å². The molecular weight excluding hydrogens is 500 g/mol. The number of nitro groups is 1. The van der Waals surface area contributed by atoms with Crippen LogP contribution >= 0.6 is 11.8 Å². The number of benzene rings is 2. The molecular formula is C24H26N6O6S. The third kappa shape index (κ3) is 6.85. The number of nitrogens with zero attached hydrogens (tertiary/aromatic N) is 4. The number of amides is 2. The van der Waals surface area contributed by atoms with Crippen LogP contribution in [0.1, 0.15) is 21.7 Å². The van der Waals surface area contributed by atoms with Gasteiger partial charge in [0.05, 0.1) is 37.1 Å². The lowest BCUT2D eigenvalue weighted by molar-refractivity contribution is -0.384. The Balaban J connectivity index is 1.64. The van der Waals surface area contributed by atoms with Gasteiger partial charge in [-0.15, -0.1) is 16.8 Å². The normalized spacial score (nSPS) is 10.5. The summed E-state index contributed by atoms with van der Waals surface area (Å²) in [6, 6.07) is 9.10. The van der Waals surface area contributed by atoms with Crippen molar-refractivity contribution >= 4 is 35.0 Å². The Morgan fingerprint density at radius 1 is 1.16 bits per heavy atom. The number of aromatic nitrogens is 3. The molecule has 194 valence electrons. The quantitative estimate of drug-likeness (QED) is 0.157. The van der Waals surface area contributed by atoms with Gasteiger partial charge in [0.25, 0.3) is 11.6 Å². The van der Waals surface area contributed by atoms with Crippen LogP contribution in [0.4, 0.5) is 11.4 Å². The molecule has 37 heavy (non-hydrogen) atoms. The summed E-state index contributed by atoms with van der Waals surface area (Å²) in [6.45, 7) is 5.95. The molecule has 0 aliphatic heterocycles. The maximum absolute atomic E-state index is 12.7. The highest BCUT2D eigenvalue weighted by Gasteiger charge is 2.17. The number of thioether (sulfide) groups is 1. The fourth-order valence-electron chi connectivity index (χ4n) is 3.28. The van der Waals surface area contributed by atoms with E-state index < -0.39 is 4.92 Å². The summed E-state index contributed by atoms with van der Waals surface area (Å²) in [5.74, 6) is 0.722. The number of aryl methyl sites for hydroxylation is 1. The third-order valence-corrected chi connectivity index (χ3v) is 6.16. The zero-order valence-corrected chi connectivity index (χ0v) is 21.3. The van der Waals surface area contributed by atoms with Gasteiger partial charge in [-0.25, -0.2) is 0 Å². The first-order chi connectivity index (χ1) is 17.8. The first-order valence-corrected chi connectivity index (χ1v) is 12.0. The molecule has 0 atom stereocenters. The number of hydrogen-bond acceptors (Lipinski definition) is 9. The summed E-state index contributed by atoms with van der Waals surface area (Å²) < 4.78 is 12.2. The SMILES string of the molecule is C=CCn1c(CNC(=O)c2ccc(OC)c(OC)c2)nnc1SCC(=O)Nc1cc([N+](=O)[O-])ccc1C. The lowest BCUT2D eigenvalue weighted by Gasteiger charge is -2.11. The predicted molar refractivity (Wildman–Crippen MR) is 138 cm³/mol. The van der Waals surface area contributed by atoms with Crippen LogP contribution in [0.25, 0.3) is 0 Å². The fourth-order valence-corrected chi connectivity index (χ4v) is 4.05. The molecule has 3 rings (SSSR count). The molecule has 0 saturated heterocycles. The van der Waals surface area contributed by atoms with Gasteiger partial charge in [0.2, 0.25) is 5.91 Å². The molecule has 2 aromatic carbocycles. The van der Waals surface area contributed by atoms with Gasteiger partial charge in [-0.3, -0.25) is 19.7 Å². The first kappa shape index (κ1) is 27.2. The van der Waals surface area contributed by atoms with Crippen LogP contribution in [0.3, 0.4) is 0 Å². The highest BCUT2D eigenvalue weighted by atomic mass is 32.2. The molecule has 0 radical (unpaired) electrons. The Hall–Kier alpha value is -4.39. The van der Waals surface area contributed by atoms with E-state index in [1.165, 1.54) is 26.4 Å². The molecule has 13 heteroatoms. The number of methoxy groups -OCH3 is 2. The van der Waals surface area contributed by atoms with Crippen LogP contribution in [0.5, 0.6) is 11.5 Å². The van der Waals surface area contributed by atoms with Gasteiger partial charge < -0.3 is 24.7 Å². The van der Waals surface area contributed by atoms with Gasteiger partial charge in [0.15, 0.2) is 22.5 Å². The van der Waals surface area contributed by atoms with Crippen LogP contribution in [-0.2, 0) is 17.9 Å². The summed E-state index contributed by atoms with van der Waals surface area (Å²) in [5.41, 5.74) is 1.34. The molecule has 0 saturated carbocycles. The molecule has 0 unspecified atom stereocenters. The van der Waals surface area contributed by atoms with Crippen molar-refractivity contribution in [3.05, 3.63) is 76.1 Å². The molecule has 1 heterocycles. The molecule has 2 N–H and O–H groups in total. The average Bonchev–Trinajstić information content (AvgIpc) is 3.28. The van der Waals surface area contributed by atoms with Gasteiger partial charge in [-0.05, 0) is 30.7 Å². The monoisotopic (exact) mass is 526 g/mol. The van der Waals surface area contributed by atoms with Crippen LogP contribution in [0, 0.1) is 17.0 Å². The maximum atomic E-state index is 12.7. The van der Waals surface area contributed by atoms with Crippen molar-refractivity contribution in [1.29, 1.82) is 0 Å². The third-order valence-electron chi connectivity index (χ3n) is 5.20. The summed E-state index contributed by atoms with van der Waals surface area (Å²) in [4.78, 5) is 35.7. The minimum absolute atomic E-state index is 0.00455. The summed E-state index contributed by atoms with van der Waals surface area (Å²) in [5, 5.41) is 25.3. The number of nitrogens with one attached hydrogen (secondary N) is 2. The van der Waals surface area contributed by atoms with E-state index in [1.807, 2.05) is 0 Å². The number of carbonyl (C=O) groups excluding carboxylic acids is 2. The van der Waals surface area contributed by atoms with E-state index in [1.54, 1.807) is 41.8 Å². The number of allylic oxidation sites excluding steroid dienone is 1. The largest absolute Gasteiger partial charge is 0.493 e. The number of nitro benzene ring substituents is 1. The van der Waals surface area contributed by atoms with Crippen molar-refractivity contribution in [2.75, 3.05) is 25.3 Å². The predicted octanol–water partition coefficient (Wildman–Crippen LogP) is 3.36. The van der Waals surface area contributed by atoms with Gasteiger partial charge in [-0.1, -0.05) is 23.9 Å². The van der Waals surface area contributed by atoms with Gasteiger partial charge in [-0.2, -0.15) is 0 Å². The van der Waals surface area contributed by atoms with E-state index in [0.29, 0.717) is 45.8 Å². The number of rotatable bonds is 12. The molecule has 3 aromatic rings. The molecule has 0 fully saturated rings. The molecule has 0 spiro atoms. The Morgan fingerprint density at radius 3 is 2.59 bits per heavy atom. The van der Waals surface area contributed by atoms with E-state index in [-0.39, 0.29) is 29.8 Å². The highest BCUT2D eigenvalue weighted by Crippen LogP contribution is 2.27. The second-order valence-electron chi connectivity index (χ2n) is 7.64. The number of non-ortho nitro benzene ring substituents is 1. The molecule has 2 amide bonds. The van der Waals surface area contributed by atoms with Crippen molar-refractivity contribution in [3.63, 3.8) is 0 Å². The summed E-state index contributed by atoms with van der Waals surface area (Å²) in [6.07, 6.45) is 1.65. The smallest absolute Gasteiger partial charge is 0.271 e. The lowest BCUT2D eigenvalue weighted by Crippen LogP contribution is -2.25. The number of hydrogen-bond donors (Lipinski definition) is 2. The van der Waals surface area contributed by atoms with Crippen LogP contribution in [0.15, 0.2) is 54.2 Å². The second-order valence-corrected chi connectivity index (χ2v) is 8.59. The van der Waals surface area contributed by atoms with Crippen molar-refractivity contribution in [2.45, 2.75) is 25.2 Å². The van der Waals surface area contributed by atoms with E-state index in [4.69, 9.17) is 9.47 Å². The van der Waals surface area contributed by atoms with Crippen molar-refractivity contribution in [2.24, 2.45) is 0 Å². The minimum atomic E-state index is -0.521. The number of carbonyl (C=O) groups is 2. The van der Waals surface area contributed by atoms with E-state index >= 15 is 0 Å². The van der Waals surface area contributed by atoms with Gasteiger partial charge >= 0.3 is 0 Å². The first-order valence-electron chi connectivity index (χ1n) is 11.0. The zero-order chi connectivity index (χ0) is 26.9. The highest BCUT2D eigenvalue weighted by molar-refractivity contribution is 7.99. The van der Waals surface area contributed by atoms with Crippen LogP contribution in [-0.4, -0.2) is 51.5 Å². The Morgan fingerprint density at radius 2 is 1.92 bits per heavy atom. The van der Waals surface area contributed by atoms with Crippen molar-refractivity contribution < 1.29 is 24.0 Å². The minimum Gasteiger partial charge on any atom is -0.493 e. The maximum Gasteiger partial charge on any atom is 0.271 e. The lowest BCUT2D eigenvalue weighted by atomic mass is 10.2. The molecule has 0 aliphatic carbocycles. The number of ether oxygens (including phenoxy) is 2. The van der Waals surface area contributed by atoms with E-state index in [0.717, 1.165) is 11.8 Å². The van der Waals surface area contributed by atoms with Crippen LogP contribution in [0.2, 0.25) is 0 Å².